The Hall–Kier alpha value is -3.81. The summed E-state index contributed by atoms with van der Waals surface area (Å²) in [6.07, 6.45) is 3.15. The number of nitrogens with one attached hydrogen (secondary N) is 2. The van der Waals surface area contributed by atoms with Crippen LogP contribution < -0.4 is 10.6 Å². The van der Waals surface area contributed by atoms with Crippen LogP contribution in [0.15, 0.2) is 112 Å². The fraction of sp³-hybridized carbons (Fsp3) is 0. The molecule has 0 saturated heterocycles. The molecule has 0 saturated carbocycles. The van der Waals surface area contributed by atoms with E-state index in [2.05, 4.69) is 42.5 Å². The van der Waals surface area contributed by atoms with Gasteiger partial charge in [0.1, 0.15) is 0 Å². The van der Waals surface area contributed by atoms with E-state index < -0.39 is 0 Å². The maximum Gasteiger partial charge on any atom is 0.255 e. The minimum absolute atomic E-state index is 0.209. The van der Waals surface area contributed by atoms with E-state index in [1.54, 1.807) is 97.1 Å². The first-order valence-electron chi connectivity index (χ1n) is 10.9. The van der Waals surface area contributed by atoms with Gasteiger partial charge < -0.3 is 10.6 Å². The quantitative estimate of drug-likeness (QED) is 0.169. The molecule has 0 aromatic heterocycles. The first kappa shape index (κ1) is 25.3. The van der Waals surface area contributed by atoms with Crippen LogP contribution in [0.4, 0.5) is 11.4 Å². The van der Waals surface area contributed by atoms with Crippen LogP contribution in [0.3, 0.4) is 0 Å². The van der Waals surface area contributed by atoms with E-state index in [-0.39, 0.29) is 17.6 Å². The largest absolute Gasteiger partial charge is 0.322 e. The second kappa shape index (κ2) is 11.7. The van der Waals surface area contributed by atoms with Crippen molar-refractivity contribution in [1.29, 1.82) is 0 Å². The lowest BCUT2D eigenvalue weighted by atomic mass is 10.1. The number of carbonyl (C=O) groups excluding carboxylic acids is 3. The molecule has 7 heteroatoms. The second-order valence-corrected chi connectivity index (χ2v) is 9.66. The zero-order valence-corrected chi connectivity index (χ0v) is 22.0. The SMILES string of the molecule is O=C(/C=C/c1cccc(NC(=O)c2ccc(Br)cc2)c1)c1cccc(NC(=O)c2ccc(Br)cc2)c1. The first-order chi connectivity index (χ1) is 17.4. The van der Waals surface area contributed by atoms with Gasteiger partial charge in [-0.2, -0.15) is 0 Å². The molecule has 0 fully saturated rings. The Morgan fingerprint density at radius 2 is 1.08 bits per heavy atom. The van der Waals surface area contributed by atoms with Crippen molar-refractivity contribution in [3.05, 3.63) is 134 Å². The minimum Gasteiger partial charge on any atom is -0.322 e. The van der Waals surface area contributed by atoms with Gasteiger partial charge in [-0.25, -0.2) is 0 Å². The molecule has 2 amide bonds. The number of carbonyl (C=O) groups is 3. The molecule has 0 radical (unpaired) electrons. The Labute approximate surface area is 225 Å². The number of hydrogen-bond donors (Lipinski definition) is 2. The smallest absolute Gasteiger partial charge is 0.255 e. The molecule has 4 aromatic rings. The summed E-state index contributed by atoms with van der Waals surface area (Å²) in [5, 5.41) is 5.68. The first-order valence-corrected chi connectivity index (χ1v) is 12.5. The summed E-state index contributed by atoms with van der Waals surface area (Å²) in [7, 11) is 0. The molecule has 4 rings (SSSR count). The Balaban J connectivity index is 1.41. The molecule has 0 spiro atoms. The van der Waals surface area contributed by atoms with Crippen LogP contribution in [0.5, 0.6) is 0 Å². The van der Waals surface area contributed by atoms with Gasteiger partial charge in [-0.15, -0.1) is 0 Å². The molecule has 4 aromatic carbocycles. The van der Waals surface area contributed by atoms with Crippen LogP contribution in [0.25, 0.3) is 6.08 Å². The maximum atomic E-state index is 12.8. The van der Waals surface area contributed by atoms with Gasteiger partial charge in [0.05, 0.1) is 0 Å². The van der Waals surface area contributed by atoms with Gasteiger partial charge in [0.2, 0.25) is 0 Å². The van der Waals surface area contributed by atoms with Gasteiger partial charge >= 0.3 is 0 Å². The van der Waals surface area contributed by atoms with E-state index in [0.717, 1.165) is 14.5 Å². The van der Waals surface area contributed by atoms with Crippen molar-refractivity contribution in [1.82, 2.24) is 0 Å². The molecule has 0 bridgehead atoms. The Kier molecular flexibility index (Phi) is 8.25. The van der Waals surface area contributed by atoms with Crippen molar-refractivity contribution >= 4 is 66.9 Å². The predicted octanol–water partition coefficient (Wildman–Crippen LogP) is 7.61. The summed E-state index contributed by atoms with van der Waals surface area (Å²) in [5.41, 5.74) is 3.41. The van der Waals surface area contributed by atoms with Crippen LogP contribution >= 0.6 is 31.9 Å². The van der Waals surface area contributed by atoms with Crippen LogP contribution in [-0.2, 0) is 0 Å². The topological polar surface area (TPSA) is 75.3 Å². The predicted molar refractivity (Wildman–Crippen MR) is 150 cm³/mol. The number of rotatable bonds is 7. The molecule has 2 N–H and O–H groups in total. The lowest BCUT2D eigenvalue weighted by Crippen LogP contribution is -2.12. The number of allylic oxidation sites excluding steroid dienone is 1. The molecule has 36 heavy (non-hydrogen) atoms. The summed E-state index contributed by atoms with van der Waals surface area (Å²) in [6, 6.07) is 28.1. The third kappa shape index (κ3) is 6.87. The summed E-state index contributed by atoms with van der Waals surface area (Å²) >= 11 is 6.70. The van der Waals surface area contributed by atoms with Crippen LogP contribution in [0, 0.1) is 0 Å². The maximum absolute atomic E-state index is 12.8. The number of amides is 2. The van der Waals surface area contributed by atoms with Gasteiger partial charge in [0, 0.05) is 37.0 Å². The Morgan fingerprint density at radius 3 is 1.64 bits per heavy atom. The van der Waals surface area contributed by atoms with Gasteiger partial charge in [-0.05, 0) is 84.4 Å². The third-order valence-electron chi connectivity index (χ3n) is 5.19. The molecule has 0 aliphatic rings. The molecular formula is C29H20Br2N2O3. The third-order valence-corrected chi connectivity index (χ3v) is 6.25. The number of halogens is 2. The van der Waals surface area contributed by atoms with Gasteiger partial charge in [-0.3, -0.25) is 14.4 Å². The van der Waals surface area contributed by atoms with Crippen molar-refractivity contribution in [2.45, 2.75) is 0 Å². The van der Waals surface area contributed by atoms with E-state index in [1.165, 1.54) is 6.08 Å². The summed E-state index contributed by atoms with van der Waals surface area (Å²) in [5.74, 6) is -0.689. The molecule has 0 unspecified atom stereocenters. The number of ketones is 1. The summed E-state index contributed by atoms with van der Waals surface area (Å²) in [4.78, 5) is 37.7. The van der Waals surface area contributed by atoms with E-state index in [4.69, 9.17) is 0 Å². The molecule has 0 heterocycles. The van der Waals surface area contributed by atoms with E-state index in [0.29, 0.717) is 28.1 Å². The molecule has 0 atom stereocenters. The second-order valence-electron chi connectivity index (χ2n) is 7.83. The lowest BCUT2D eigenvalue weighted by molar-refractivity contribution is 0.101. The van der Waals surface area contributed by atoms with Crippen LogP contribution in [0.2, 0.25) is 0 Å². The zero-order valence-electron chi connectivity index (χ0n) is 18.9. The summed E-state index contributed by atoms with van der Waals surface area (Å²) in [6.45, 7) is 0. The van der Waals surface area contributed by atoms with Crippen molar-refractivity contribution in [2.75, 3.05) is 10.6 Å². The molecule has 5 nitrogen and oxygen atoms in total. The normalized spacial score (nSPS) is 10.7. The van der Waals surface area contributed by atoms with Crippen molar-refractivity contribution in [2.24, 2.45) is 0 Å². The molecule has 178 valence electrons. The molecule has 0 aliphatic carbocycles. The van der Waals surface area contributed by atoms with E-state index in [1.807, 2.05) is 6.07 Å². The Morgan fingerprint density at radius 1 is 0.583 bits per heavy atom. The van der Waals surface area contributed by atoms with E-state index >= 15 is 0 Å². The van der Waals surface area contributed by atoms with Crippen LogP contribution in [0.1, 0.15) is 36.6 Å². The highest BCUT2D eigenvalue weighted by Gasteiger charge is 2.09. The number of benzene rings is 4. The average Bonchev–Trinajstić information content (AvgIpc) is 2.88. The van der Waals surface area contributed by atoms with Crippen molar-refractivity contribution in [3.8, 4) is 0 Å². The average molecular weight is 604 g/mol. The van der Waals surface area contributed by atoms with Crippen molar-refractivity contribution in [3.63, 3.8) is 0 Å². The zero-order chi connectivity index (χ0) is 25.5. The summed E-state index contributed by atoms with van der Waals surface area (Å²) < 4.78 is 1.78. The van der Waals surface area contributed by atoms with E-state index in [9.17, 15) is 14.4 Å². The lowest BCUT2D eigenvalue weighted by Gasteiger charge is -2.07. The minimum atomic E-state index is -0.260. The number of anilines is 2. The standard InChI is InChI=1S/C29H20Br2N2O3/c30-23-12-8-20(9-13-23)28(35)32-25-5-1-3-19(17-25)7-16-27(34)22-4-2-6-26(18-22)33-29(36)21-10-14-24(31)15-11-21/h1-18H,(H,32,35)(H,33,36)/b16-7+. The fourth-order valence-corrected chi connectivity index (χ4v) is 3.88. The molecular weight excluding hydrogens is 584 g/mol. The number of hydrogen-bond acceptors (Lipinski definition) is 3. The highest BCUT2D eigenvalue weighted by Crippen LogP contribution is 2.18. The highest BCUT2D eigenvalue weighted by molar-refractivity contribution is 9.10. The fourth-order valence-electron chi connectivity index (χ4n) is 3.35. The van der Waals surface area contributed by atoms with Crippen LogP contribution in [-0.4, -0.2) is 17.6 Å². The Bertz CT molecular complexity index is 1450. The van der Waals surface area contributed by atoms with Gasteiger partial charge in [0.25, 0.3) is 11.8 Å². The van der Waals surface area contributed by atoms with Gasteiger partial charge in [-0.1, -0.05) is 62.2 Å². The highest BCUT2D eigenvalue weighted by atomic mass is 79.9. The van der Waals surface area contributed by atoms with Gasteiger partial charge in [0.15, 0.2) is 5.78 Å². The van der Waals surface area contributed by atoms with Crippen molar-refractivity contribution < 1.29 is 14.4 Å². The molecule has 0 aliphatic heterocycles. The monoisotopic (exact) mass is 602 g/mol.